The summed E-state index contributed by atoms with van der Waals surface area (Å²) in [6, 6.07) is 8.47. The highest BCUT2D eigenvalue weighted by atomic mass is 15.3. The van der Waals surface area contributed by atoms with Gasteiger partial charge in [-0.05, 0) is 24.0 Å². The number of rotatable bonds is 4. The third-order valence-corrected chi connectivity index (χ3v) is 2.91. The third kappa shape index (κ3) is 4.40. The Hall–Kier alpha value is -1.51. The first-order chi connectivity index (χ1) is 8.54. The normalized spacial score (nSPS) is 11.8. The van der Waals surface area contributed by atoms with E-state index in [1.807, 2.05) is 7.05 Å². The topological polar surface area (TPSA) is 27.6 Å². The van der Waals surface area contributed by atoms with Gasteiger partial charge in [0, 0.05) is 27.2 Å². The zero-order valence-corrected chi connectivity index (χ0v) is 12.2. The predicted octanol–water partition coefficient (Wildman–Crippen LogP) is 2.66. The Morgan fingerprint density at radius 2 is 2.00 bits per heavy atom. The Bertz CT molecular complexity index is 396. The van der Waals surface area contributed by atoms with Crippen LogP contribution in [0.2, 0.25) is 0 Å². The van der Waals surface area contributed by atoms with E-state index in [9.17, 15) is 0 Å². The summed E-state index contributed by atoms with van der Waals surface area (Å²) in [5, 5.41) is 3.38. The Balaban J connectivity index is 2.63. The summed E-state index contributed by atoms with van der Waals surface area (Å²) < 4.78 is 0. The Morgan fingerprint density at radius 3 is 2.56 bits per heavy atom. The average molecular weight is 247 g/mol. The van der Waals surface area contributed by atoms with Crippen molar-refractivity contribution in [2.75, 3.05) is 20.6 Å². The Morgan fingerprint density at radius 1 is 1.33 bits per heavy atom. The first kappa shape index (κ1) is 14.6. The van der Waals surface area contributed by atoms with Gasteiger partial charge in [-0.25, -0.2) is 0 Å². The minimum absolute atomic E-state index is 0.619. The number of aryl methyl sites for hydroxylation is 1. The molecule has 100 valence electrons. The first-order valence-electron chi connectivity index (χ1n) is 6.51. The molecule has 1 rings (SSSR count). The maximum absolute atomic E-state index is 4.32. The van der Waals surface area contributed by atoms with E-state index in [0.29, 0.717) is 5.92 Å². The lowest BCUT2D eigenvalue weighted by Gasteiger charge is -2.23. The van der Waals surface area contributed by atoms with E-state index in [1.54, 1.807) is 0 Å². The standard InChI is InChI=1S/C15H25N3/c1-12(2)10-17-15(16-4)18(5)11-14-9-7-6-8-13(14)3/h6-9,12H,10-11H2,1-5H3,(H,16,17). The van der Waals surface area contributed by atoms with Crippen molar-refractivity contribution in [3.05, 3.63) is 35.4 Å². The lowest BCUT2D eigenvalue weighted by atomic mass is 10.1. The average Bonchev–Trinajstić information content (AvgIpc) is 2.32. The van der Waals surface area contributed by atoms with E-state index in [2.05, 4.69) is 67.3 Å². The molecule has 0 spiro atoms. The third-order valence-electron chi connectivity index (χ3n) is 2.91. The molecule has 0 amide bonds. The van der Waals surface area contributed by atoms with Crippen LogP contribution in [0.3, 0.4) is 0 Å². The van der Waals surface area contributed by atoms with Gasteiger partial charge in [-0.2, -0.15) is 0 Å². The molecule has 0 atom stereocenters. The predicted molar refractivity (Wildman–Crippen MR) is 78.8 cm³/mol. The highest BCUT2D eigenvalue weighted by Gasteiger charge is 2.07. The van der Waals surface area contributed by atoms with E-state index >= 15 is 0 Å². The molecule has 1 aromatic rings. The maximum Gasteiger partial charge on any atom is 0.193 e. The number of guanidine groups is 1. The zero-order chi connectivity index (χ0) is 13.5. The van der Waals surface area contributed by atoms with E-state index < -0.39 is 0 Å². The van der Waals surface area contributed by atoms with Crippen LogP contribution in [0.4, 0.5) is 0 Å². The van der Waals surface area contributed by atoms with Crippen molar-refractivity contribution in [1.82, 2.24) is 10.2 Å². The van der Waals surface area contributed by atoms with Crippen LogP contribution >= 0.6 is 0 Å². The second kappa shape index (κ2) is 7.04. The fourth-order valence-electron chi connectivity index (χ4n) is 1.80. The van der Waals surface area contributed by atoms with Gasteiger partial charge in [0.1, 0.15) is 0 Å². The van der Waals surface area contributed by atoms with Crippen molar-refractivity contribution in [2.24, 2.45) is 10.9 Å². The molecule has 0 radical (unpaired) electrons. The van der Waals surface area contributed by atoms with Gasteiger partial charge in [0.2, 0.25) is 0 Å². The van der Waals surface area contributed by atoms with Crippen LogP contribution in [0.15, 0.2) is 29.3 Å². The van der Waals surface area contributed by atoms with Crippen LogP contribution in [0.5, 0.6) is 0 Å². The largest absolute Gasteiger partial charge is 0.356 e. The van der Waals surface area contributed by atoms with E-state index in [4.69, 9.17) is 0 Å². The van der Waals surface area contributed by atoms with Crippen molar-refractivity contribution in [3.8, 4) is 0 Å². The second-order valence-electron chi connectivity index (χ2n) is 5.10. The van der Waals surface area contributed by atoms with E-state index in [1.165, 1.54) is 11.1 Å². The molecule has 0 aromatic heterocycles. The second-order valence-corrected chi connectivity index (χ2v) is 5.10. The van der Waals surface area contributed by atoms with Crippen molar-refractivity contribution < 1.29 is 0 Å². The number of benzene rings is 1. The fraction of sp³-hybridized carbons (Fsp3) is 0.533. The molecular weight excluding hydrogens is 222 g/mol. The molecule has 0 saturated carbocycles. The van der Waals surface area contributed by atoms with Gasteiger partial charge in [-0.15, -0.1) is 0 Å². The van der Waals surface area contributed by atoms with Gasteiger partial charge in [0.25, 0.3) is 0 Å². The summed E-state index contributed by atoms with van der Waals surface area (Å²) in [5.74, 6) is 1.57. The molecule has 1 N–H and O–H groups in total. The van der Waals surface area contributed by atoms with Crippen molar-refractivity contribution in [1.29, 1.82) is 0 Å². The van der Waals surface area contributed by atoms with Crippen LogP contribution in [-0.2, 0) is 6.54 Å². The molecule has 0 bridgehead atoms. The molecule has 0 aliphatic rings. The lowest BCUT2D eigenvalue weighted by molar-refractivity contribution is 0.466. The van der Waals surface area contributed by atoms with Gasteiger partial charge >= 0.3 is 0 Å². The van der Waals surface area contributed by atoms with Crippen LogP contribution in [-0.4, -0.2) is 31.5 Å². The minimum Gasteiger partial charge on any atom is -0.356 e. The summed E-state index contributed by atoms with van der Waals surface area (Å²) in [6.07, 6.45) is 0. The van der Waals surface area contributed by atoms with Crippen LogP contribution in [0, 0.1) is 12.8 Å². The highest BCUT2D eigenvalue weighted by molar-refractivity contribution is 5.79. The molecule has 0 unspecified atom stereocenters. The van der Waals surface area contributed by atoms with E-state index in [0.717, 1.165) is 19.0 Å². The van der Waals surface area contributed by atoms with Gasteiger partial charge in [0.05, 0.1) is 0 Å². The van der Waals surface area contributed by atoms with E-state index in [-0.39, 0.29) is 0 Å². The molecule has 0 heterocycles. The summed E-state index contributed by atoms with van der Waals surface area (Å²) in [7, 11) is 3.90. The van der Waals surface area contributed by atoms with Crippen molar-refractivity contribution in [3.63, 3.8) is 0 Å². The number of hydrogen-bond acceptors (Lipinski definition) is 1. The molecule has 1 aromatic carbocycles. The number of hydrogen-bond donors (Lipinski definition) is 1. The molecular formula is C15H25N3. The van der Waals surface area contributed by atoms with Crippen LogP contribution < -0.4 is 5.32 Å². The van der Waals surface area contributed by atoms with Crippen molar-refractivity contribution in [2.45, 2.75) is 27.3 Å². The van der Waals surface area contributed by atoms with Gasteiger partial charge < -0.3 is 10.2 Å². The number of nitrogens with one attached hydrogen (secondary N) is 1. The van der Waals surface area contributed by atoms with Gasteiger partial charge in [-0.3, -0.25) is 4.99 Å². The molecule has 18 heavy (non-hydrogen) atoms. The summed E-state index contributed by atoms with van der Waals surface area (Å²) in [4.78, 5) is 6.47. The van der Waals surface area contributed by atoms with Gasteiger partial charge in [-0.1, -0.05) is 38.1 Å². The molecule has 0 aliphatic heterocycles. The van der Waals surface area contributed by atoms with Crippen molar-refractivity contribution >= 4 is 5.96 Å². The zero-order valence-electron chi connectivity index (χ0n) is 12.2. The summed E-state index contributed by atoms with van der Waals surface area (Å²) >= 11 is 0. The smallest absolute Gasteiger partial charge is 0.193 e. The first-order valence-corrected chi connectivity index (χ1v) is 6.51. The molecule has 0 saturated heterocycles. The summed E-state index contributed by atoms with van der Waals surface area (Å²) in [6.45, 7) is 8.37. The molecule has 3 heteroatoms. The SMILES string of the molecule is CN=C(NCC(C)C)N(C)Cc1ccccc1C. The van der Waals surface area contributed by atoms with Crippen LogP contribution in [0.1, 0.15) is 25.0 Å². The Labute approximate surface area is 111 Å². The Kier molecular flexibility index (Phi) is 5.69. The molecule has 0 fully saturated rings. The lowest BCUT2D eigenvalue weighted by Crippen LogP contribution is -2.40. The number of nitrogens with zero attached hydrogens (tertiary/aromatic N) is 2. The minimum atomic E-state index is 0.619. The van der Waals surface area contributed by atoms with Gasteiger partial charge in [0.15, 0.2) is 5.96 Å². The fourth-order valence-corrected chi connectivity index (χ4v) is 1.80. The quantitative estimate of drug-likeness (QED) is 0.654. The monoisotopic (exact) mass is 247 g/mol. The van der Waals surface area contributed by atoms with Crippen LogP contribution in [0.25, 0.3) is 0 Å². The molecule has 0 aliphatic carbocycles. The summed E-state index contributed by atoms with van der Waals surface area (Å²) in [5.41, 5.74) is 2.66. The highest BCUT2D eigenvalue weighted by Crippen LogP contribution is 2.09. The molecule has 3 nitrogen and oxygen atoms in total. The maximum atomic E-state index is 4.32. The number of aliphatic imine (C=N–C) groups is 1.